The van der Waals surface area contributed by atoms with Gasteiger partial charge < -0.3 is 28.4 Å². The van der Waals surface area contributed by atoms with Gasteiger partial charge in [0.2, 0.25) is 0 Å². The minimum absolute atomic E-state index is 0.418. The van der Waals surface area contributed by atoms with Crippen LogP contribution in [-0.2, 0) is 18.9 Å². The van der Waals surface area contributed by atoms with Crippen molar-refractivity contribution in [3.05, 3.63) is 70.4 Å². The van der Waals surface area contributed by atoms with E-state index in [9.17, 15) is 0 Å². The topological polar surface area (TPSA) is 55.4 Å². The van der Waals surface area contributed by atoms with Crippen LogP contribution in [0.25, 0.3) is 31.7 Å². The zero-order valence-electron chi connectivity index (χ0n) is 22.3. The zero-order valence-corrected chi connectivity index (χ0v) is 24.7. The van der Waals surface area contributed by atoms with Crippen LogP contribution in [0.2, 0.25) is 0 Å². The second kappa shape index (κ2) is 16.6. The molecule has 39 heavy (non-hydrogen) atoms. The summed E-state index contributed by atoms with van der Waals surface area (Å²) in [4.78, 5) is 5.14. The fourth-order valence-corrected chi connectivity index (χ4v) is 6.51. The van der Waals surface area contributed by atoms with Crippen LogP contribution in [-0.4, -0.2) is 67.1 Å². The van der Waals surface area contributed by atoms with Crippen molar-refractivity contribution >= 4 is 46.2 Å². The molecular formula is C30H34O6S3. The number of hydrogen-bond acceptors (Lipinski definition) is 9. The Morgan fingerprint density at radius 2 is 1.31 bits per heavy atom. The summed E-state index contributed by atoms with van der Waals surface area (Å²) in [5.41, 5.74) is 2.25. The quantitative estimate of drug-likeness (QED) is 0.113. The van der Waals surface area contributed by atoms with Crippen molar-refractivity contribution in [3.8, 4) is 31.0 Å². The molecule has 208 valence electrons. The van der Waals surface area contributed by atoms with E-state index in [1.807, 2.05) is 29.5 Å². The van der Waals surface area contributed by atoms with E-state index in [-0.39, 0.29) is 0 Å². The van der Waals surface area contributed by atoms with Crippen molar-refractivity contribution in [2.75, 3.05) is 67.1 Å². The molecule has 1 aromatic carbocycles. The Kier molecular flexibility index (Phi) is 12.5. The fraction of sp³-hybridized carbons (Fsp3) is 0.333. The van der Waals surface area contributed by atoms with Gasteiger partial charge in [0.15, 0.2) is 11.5 Å². The molecule has 0 aliphatic heterocycles. The molecule has 0 fully saturated rings. The molecule has 0 atom stereocenters. The second-order valence-corrected chi connectivity index (χ2v) is 11.2. The van der Waals surface area contributed by atoms with E-state index in [2.05, 4.69) is 53.2 Å². The minimum atomic E-state index is 0.418. The third-order valence-corrected chi connectivity index (χ3v) is 8.84. The summed E-state index contributed by atoms with van der Waals surface area (Å²) in [5.74, 6) is 1.38. The molecule has 0 saturated carbocycles. The largest absolute Gasteiger partial charge is 0.493 e. The third-order valence-electron chi connectivity index (χ3n) is 5.57. The highest BCUT2D eigenvalue weighted by Gasteiger charge is 2.12. The van der Waals surface area contributed by atoms with E-state index >= 15 is 0 Å². The zero-order chi connectivity index (χ0) is 27.1. The Hall–Kier alpha value is -2.50. The van der Waals surface area contributed by atoms with Crippen molar-refractivity contribution in [1.82, 2.24) is 0 Å². The molecule has 0 amide bonds. The first-order chi connectivity index (χ1) is 19.3. The maximum Gasteiger partial charge on any atom is 0.161 e. The number of methoxy groups -OCH3 is 2. The predicted octanol–water partition coefficient (Wildman–Crippen LogP) is 7.46. The highest BCUT2D eigenvalue weighted by molar-refractivity contribution is 7.26. The molecule has 0 unspecified atom stereocenters. The second-order valence-electron chi connectivity index (χ2n) is 8.27. The van der Waals surface area contributed by atoms with E-state index in [0.717, 1.165) is 5.56 Å². The molecule has 0 bridgehead atoms. The van der Waals surface area contributed by atoms with E-state index in [1.54, 1.807) is 36.9 Å². The van der Waals surface area contributed by atoms with Gasteiger partial charge in [-0.15, -0.1) is 34.0 Å². The smallest absolute Gasteiger partial charge is 0.161 e. The van der Waals surface area contributed by atoms with E-state index in [1.165, 1.54) is 25.1 Å². The van der Waals surface area contributed by atoms with Crippen LogP contribution in [0.1, 0.15) is 11.1 Å². The van der Waals surface area contributed by atoms with Gasteiger partial charge in [0.25, 0.3) is 0 Å². The number of thiophene rings is 3. The van der Waals surface area contributed by atoms with Gasteiger partial charge in [0, 0.05) is 21.7 Å². The Bertz CT molecular complexity index is 1250. The van der Waals surface area contributed by atoms with Gasteiger partial charge in [-0.05, 0) is 52.2 Å². The lowest BCUT2D eigenvalue weighted by molar-refractivity contribution is 0.0000840. The molecule has 4 aromatic rings. The SMILES string of the molecule is COCCOCCOCCOCCOc1cc(/C=C/c2cc(-c3cccs3)sc2-c2cccs2)ccc1OC. The average molecular weight is 587 g/mol. The summed E-state index contributed by atoms with van der Waals surface area (Å²) in [6.45, 7) is 4.15. The van der Waals surface area contributed by atoms with Crippen LogP contribution < -0.4 is 9.47 Å². The molecule has 0 radical (unpaired) electrons. The summed E-state index contributed by atoms with van der Waals surface area (Å²) in [6, 6.07) is 16.8. The molecule has 3 heterocycles. The Morgan fingerprint density at radius 1 is 0.641 bits per heavy atom. The summed E-state index contributed by atoms with van der Waals surface area (Å²) in [5, 5.41) is 4.24. The van der Waals surface area contributed by atoms with E-state index in [4.69, 9.17) is 28.4 Å². The summed E-state index contributed by atoms with van der Waals surface area (Å²) >= 11 is 5.37. The Labute approximate surface area is 242 Å². The molecule has 4 rings (SSSR count). The Morgan fingerprint density at radius 3 is 1.95 bits per heavy atom. The van der Waals surface area contributed by atoms with Crippen LogP contribution in [0.3, 0.4) is 0 Å². The normalized spacial score (nSPS) is 11.4. The van der Waals surface area contributed by atoms with Gasteiger partial charge in [-0.1, -0.05) is 30.4 Å². The number of benzene rings is 1. The van der Waals surface area contributed by atoms with Crippen molar-refractivity contribution in [1.29, 1.82) is 0 Å². The first-order valence-electron chi connectivity index (χ1n) is 12.7. The van der Waals surface area contributed by atoms with Gasteiger partial charge in [-0.2, -0.15) is 0 Å². The molecule has 0 N–H and O–H groups in total. The van der Waals surface area contributed by atoms with Gasteiger partial charge in [0.1, 0.15) is 6.61 Å². The maximum atomic E-state index is 5.99. The third kappa shape index (κ3) is 9.29. The highest BCUT2D eigenvalue weighted by Crippen LogP contribution is 2.42. The van der Waals surface area contributed by atoms with Gasteiger partial charge in [-0.3, -0.25) is 0 Å². The minimum Gasteiger partial charge on any atom is -0.493 e. The van der Waals surface area contributed by atoms with Crippen LogP contribution >= 0.6 is 34.0 Å². The lowest BCUT2D eigenvalue weighted by Crippen LogP contribution is -2.13. The van der Waals surface area contributed by atoms with Crippen LogP contribution in [0.5, 0.6) is 11.5 Å². The van der Waals surface area contributed by atoms with Crippen molar-refractivity contribution < 1.29 is 28.4 Å². The lowest BCUT2D eigenvalue weighted by atomic mass is 10.1. The van der Waals surface area contributed by atoms with Crippen molar-refractivity contribution in [3.63, 3.8) is 0 Å². The first kappa shape index (κ1) is 29.5. The molecule has 6 nitrogen and oxygen atoms in total. The fourth-order valence-electron chi connectivity index (χ4n) is 3.66. The summed E-state index contributed by atoms with van der Waals surface area (Å²) < 4.78 is 32.9. The van der Waals surface area contributed by atoms with Crippen LogP contribution in [0.15, 0.2) is 59.3 Å². The number of hydrogen-bond donors (Lipinski definition) is 0. The molecular weight excluding hydrogens is 553 g/mol. The van der Waals surface area contributed by atoms with Crippen LogP contribution in [0, 0.1) is 0 Å². The average Bonchev–Trinajstić information content (AvgIpc) is 3.74. The summed E-state index contributed by atoms with van der Waals surface area (Å²) in [7, 11) is 3.30. The Balaban J connectivity index is 1.30. The molecule has 3 aromatic heterocycles. The van der Waals surface area contributed by atoms with E-state index in [0.29, 0.717) is 64.4 Å². The number of rotatable bonds is 18. The van der Waals surface area contributed by atoms with Gasteiger partial charge in [0.05, 0.1) is 58.2 Å². The highest BCUT2D eigenvalue weighted by atomic mass is 32.1. The molecule has 0 spiro atoms. The predicted molar refractivity (Wildman–Crippen MR) is 163 cm³/mol. The first-order valence-corrected chi connectivity index (χ1v) is 15.3. The van der Waals surface area contributed by atoms with Crippen LogP contribution in [0.4, 0.5) is 0 Å². The summed E-state index contributed by atoms with van der Waals surface area (Å²) in [6.07, 6.45) is 4.30. The molecule has 0 aliphatic carbocycles. The van der Waals surface area contributed by atoms with Gasteiger partial charge >= 0.3 is 0 Å². The van der Waals surface area contributed by atoms with E-state index < -0.39 is 0 Å². The van der Waals surface area contributed by atoms with Crippen molar-refractivity contribution in [2.24, 2.45) is 0 Å². The standard InChI is InChI=1S/C30H34O6S3/c1-31-11-12-33-13-14-34-15-16-35-17-18-36-26-21-23(8-10-25(26)32-2)7-9-24-22-29(27-5-3-19-37-27)39-30(24)28-6-4-20-38-28/h3-10,19-22H,11-18H2,1-2H3/b9-7+. The van der Waals surface area contributed by atoms with Gasteiger partial charge in [-0.25, -0.2) is 0 Å². The maximum absolute atomic E-state index is 5.99. The number of ether oxygens (including phenoxy) is 6. The van der Waals surface area contributed by atoms with Crippen molar-refractivity contribution in [2.45, 2.75) is 0 Å². The lowest BCUT2D eigenvalue weighted by Gasteiger charge is -2.12. The molecule has 9 heteroatoms. The molecule has 0 saturated heterocycles. The monoisotopic (exact) mass is 586 g/mol. The molecule has 0 aliphatic rings.